The van der Waals surface area contributed by atoms with Gasteiger partial charge in [-0.05, 0) is 22.9 Å². The summed E-state index contributed by atoms with van der Waals surface area (Å²) in [4.78, 5) is 3.61. The molecule has 1 aromatic heterocycles. The first-order chi connectivity index (χ1) is 15.3. The number of hydrogen-bond donors (Lipinski definition) is 0. The minimum absolute atomic E-state index is 0.0527. The van der Waals surface area contributed by atoms with Gasteiger partial charge in [-0.1, -0.05) is 16.9 Å². The van der Waals surface area contributed by atoms with Crippen molar-refractivity contribution in [3.8, 4) is 0 Å². The maximum atomic E-state index is 13.7. The van der Waals surface area contributed by atoms with Crippen molar-refractivity contribution in [1.29, 1.82) is 0 Å². The molecule has 35 heavy (non-hydrogen) atoms. The predicted molar refractivity (Wildman–Crippen MR) is 87.9 cm³/mol. The van der Waals surface area contributed by atoms with Gasteiger partial charge in [0.2, 0.25) is 0 Å². The number of alkyl halides is 17. The van der Waals surface area contributed by atoms with Crippen LogP contribution in [0.1, 0.15) is 6.42 Å². The van der Waals surface area contributed by atoms with Gasteiger partial charge in [0.25, 0.3) is 0 Å². The van der Waals surface area contributed by atoms with Gasteiger partial charge in [-0.3, -0.25) is 0 Å². The molecule has 0 aromatic carbocycles. The minimum atomic E-state index is -8.61. The Bertz CT molecular complexity index is 853. The molecule has 0 aliphatic carbocycles. The summed E-state index contributed by atoms with van der Waals surface area (Å²) in [6, 6.07) is 3.99. The van der Waals surface area contributed by atoms with E-state index in [0.29, 0.717) is 10.8 Å². The van der Waals surface area contributed by atoms with Crippen molar-refractivity contribution in [1.82, 2.24) is 4.98 Å². The zero-order valence-corrected chi connectivity index (χ0v) is 17.5. The zero-order chi connectivity index (χ0) is 27.9. The van der Waals surface area contributed by atoms with Crippen LogP contribution in [0.15, 0.2) is 29.4 Å². The number of nitrogens with zero attached hydrogens (tertiary/aromatic N) is 1. The highest BCUT2D eigenvalue weighted by molar-refractivity contribution is 8.76. The van der Waals surface area contributed by atoms with E-state index in [9.17, 15) is 74.6 Å². The summed E-state index contributed by atoms with van der Waals surface area (Å²) in [6.45, 7) is 0. The second-order valence-electron chi connectivity index (χ2n) is 6.47. The van der Waals surface area contributed by atoms with E-state index in [-0.39, 0.29) is 15.8 Å². The van der Waals surface area contributed by atoms with Crippen molar-refractivity contribution >= 4 is 21.6 Å². The third-order valence-electron chi connectivity index (χ3n) is 4.07. The van der Waals surface area contributed by atoms with Gasteiger partial charge in [-0.15, -0.1) is 0 Å². The second-order valence-corrected chi connectivity index (χ2v) is 8.91. The highest BCUT2D eigenvalue weighted by Crippen LogP contribution is 2.64. The van der Waals surface area contributed by atoms with E-state index in [2.05, 4.69) is 4.98 Å². The molecule has 0 aliphatic rings. The number of pyridine rings is 1. The monoisotopic (exact) mass is 589 g/mol. The van der Waals surface area contributed by atoms with E-state index < -0.39 is 59.8 Å². The quantitative estimate of drug-likeness (QED) is 0.147. The van der Waals surface area contributed by atoms with E-state index in [1.807, 2.05) is 0 Å². The predicted octanol–water partition coefficient (Wildman–Crippen LogP) is 8.22. The lowest BCUT2D eigenvalue weighted by Gasteiger charge is -2.42. The van der Waals surface area contributed by atoms with Crippen LogP contribution in [0.5, 0.6) is 0 Å². The Balaban J connectivity index is 3.26. The summed E-state index contributed by atoms with van der Waals surface area (Å²) in [6.07, 6.45) is -9.07. The lowest BCUT2D eigenvalue weighted by molar-refractivity contribution is -0.461. The molecule has 1 heterocycles. The molecule has 0 bridgehead atoms. The molecule has 1 rings (SSSR count). The van der Waals surface area contributed by atoms with Crippen LogP contribution in [0.4, 0.5) is 74.6 Å². The molecule has 0 radical (unpaired) electrons. The second kappa shape index (κ2) is 9.51. The van der Waals surface area contributed by atoms with Gasteiger partial charge in [0.1, 0.15) is 5.03 Å². The zero-order valence-electron chi connectivity index (χ0n) is 15.9. The molecule has 1 aromatic rings. The van der Waals surface area contributed by atoms with Crippen molar-refractivity contribution in [3.63, 3.8) is 0 Å². The first-order valence-electron chi connectivity index (χ1n) is 8.25. The fraction of sp³-hybridized carbons (Fsp3) is 0.667. The fourth-order valence-electron chi connectivity index (χ4n) is 2.02. The first kappa shape index (κ1) is 31.7. The Labute approximate surface area is 191 Å². The smallest absolute Gasteiger partial charge is 0.249 e. The van der Waals surface area contributed by atoms with E-state index >= 15 is 0 Å². The molecular weight excluding hydrogens is 581 g/mol. The van der Waals surface area contributed by atoms with Gasteiger partial charge >= 0.3 is 47.6 Å². The van der Waals surface area contributed by atoms with Crippen molar-refractivity contribution in [2.75, 3.05) is 5.75 Å². The van der Waals surface area contributed by atoms with Gasteiger partial charge < -0.3 is 0 Å². The molecular formula is C15H8F17NS2. The average Bonchev–Trinajstić information content (AvgIpc) is 2.70. The summed E-state index contributed by atoms with van der Waals surface area (Å²) in [7, 11) is 0.680. The summed E-state index contributed by atoms with van der Waals surface area (Å²) >= 11 is 0. The molecule has 0 fully saturated rings. The Morgan fingerprint density at radius 2 is 1.00 bits per heavy atom. The van der Waals surface area contributed by atoms with Crippen LogP contribution in [0.3, 0.4) is 0 Å². The van der Waals surface area contributed by atoms with Crippen LogP contribution in [-0.4, -0.2) is 58.4 Å². The maximum absolute atomic E-state index is 13.7. The standard InChI is InChI=1S/C15H8F17NS2/c16-8(17,4-6-34-35-7-3-1-2-5-33-7)9(18,19)10(20,21)11(22,23)12(24,25)13(26,27)14(28,29)15(30,31)32/h1-3,5H,4,6H2. The molecule has 0 saturated heterocycles. The Kier molecular flexibility index (Phi) is 8.61. The molecule has 0 spiro atoms. The SMILES string of the molecule is FC(F)(F)C(F)(F)C(F)(F)C(F)(F)C(F)(F)C(F)(F)C(F)(F)C(F)(F)CCSSc1ccccn1. The number of aromatic nitrogens is 1. The molecule has 0 amide bonds. The summed E-state index contributed by atoms with van der Waals surface area (Å²) in [5.74, 6) is -57.3. The van der Waals surface area contributed by atoms with Crippen LogP contribution in [0, 0.1) is 0 Å². The third kappa shape index (κ3) is 5.09. The van der Waals surface area contributed by atoms with Crippen molar-refractivity contribution in [3.05, 3.63) is 24.4 Å². The van der Waals surface area contributed by atoms with Gasteiger partial charge in [0.05, 0.1) is 0 Å². The molecule has 0 aliphatic heterocycles. The molecule has 0 saturated carbocycles. The van der Waals surface area contributed by atoms with Crippen molar-refractivity contribution < 1.29 is 74.6 Å². The third-order valence-corrected chi connectivity index (χ3v) is 6.34. The lowest BCUT2D eigenvalue weighted by atomic mass is 9.88. The molecule has 1 nitrogen and oxygen atoms in total. The minimum Gasteiger partial charge on any atom is -0.249 e. The van der Waals surface area contributed by atoms with E-state index in [1.54, 1.807) is 0 Å². The molecule has 0 atom stereocenters. The normalized spacial score (nSPS) is 15.5. The molecule has 20 heteroatoms. The van der Waals surface area contributed by atoms with Crippen LogP contribution < -0.4 is 0 Å². The van der Waals surface area contributed by atoms with E-state index in [1.165, 1.54) is 24.4 Å². The topological polar surface area (TPSA) is 12.9 Å². The van der Waals surface area contributed by atoms with Crippen LogP contribution >= 0.6 is 21.6 Å². The summed E-state index contributed by atoms with van der Waals surface area (Å²) in [5, 5.41) is 0.0527. The number of halogens is 17. The van der Waals surface area contributed by atoms with Crippen LogP contribution in [-0.2, 0) is 0 Å². The van der Waals surface area contributed by atoms with Crippen LogP contribution in [0.25, 0.3) is 0 Å². The van der Waals surface area contributed by atoms with Crippen LogP contribution in [0.2, 0.25) is 0 Å². The van der Waals surface area contributed by atoms with Crippen molar-refractivity contribution in [2.24, 2.45) is 0 Å². The average molecular weight is 589 g/mol. The van der Waals surface area contributed by atoms with Gasteiger partial charge in [0.15, 0.2) is 0 Å². The van der Waals surface area contributed by atoms with E-state index in [4.69, 9.17) is 0 Å². The molecule has 0 N–H and O–H groups in total. The number of rotatable bonds is 11. The number of hydrogen-bond acceptors (Lipinski definition) is 3. The van der Waals surface area contributed by atoms with Crippen molar-refractivity contribution in [2.45, 2.75) is 59.1 Å². The highest BCUT2D eigenvalue weighted by atomic mass is 33.1. The highest BCUT2D eigenvalue weighted by Gasteiger charge is 2.95. The van der Waals surface area contributed by atoms with Gasteiger partial charge in [0, 0.05) is 18.4 Å². The summed E-state index contributed by atoms with van der Waals surface area (Å²) in [5.41, 5.74) is 0. The lowest BCUT2D eigenvalue weighted by Crippen LogP contribution is -2.74. The van der Waals surface area contributed by atoms with E-state index in [0.717, 1.165) is 0 Å². The largest absolute Gasteiger partial charge is 0.460 e. The molecule has 204 valence electrons. The Morgan fingerprint density at radius 3 is 1.40 bits per heavy atom. The van der Waals surface area contributed by atoms with Gasteiger partial charge in [-0.25, -0.2) is 4.98 Å². The summed E-state index contributed by atoms with van der Waals surface area (Å²) < 4.78 is 223. The maximum Gasteiger partial charge on any atom is 0.460 e. The van der Waals surface area contributed by atoms with Gasteiger partial charge in [-0.2, -0.15) is 74.6 Å². The first-order valence-corrected chi connectivity index (χ1v) is 10.6. The Morgan fingerprint density at radius 1 is 0.571 bits per heavy atom. The molecule has 0 unspecified atom stereocenters. The Hall–Kier alpha value is -1.34. The fourth-order valence-corrected chi connectivity index (χ4v) is 3.96.